The Hall–Kier alpha value is -4.64. The molecule has 0 aliphatic rings. The SMILES string of the molecule is Nc1c(N=Nc2ccc([N+](=O)[O-])cc2)c(S(=O)O)cc2cc(S(=O)(=O)O)c(N=Nc3ccccc3)c(O)c12. The van der Waals surface area contributed by atoms with Gasteiger partial charge in [0.05, 0.1) is 32.3 Å². The fourth-order valence-corrected chi connectivity index (χ4v) is 4.59. The Morgan fingerprint density at radius 2 is 1.47 bits per heavy atom. The van der Waals surface area contributed by atoms with Crippen molar-refractivity contribution in [1.82, 2.24) is 0 Å². The molecular formula is C22H16N6O8S2. The molecule has 0 aliphatic heterocycles. The van der Waals surface area contributed by atoms with Crippen LogP contribution < -0.4 is 5.73 Å². The number of nitrogen functional groups attached to an aromatic ring is 1. The molecule has 16 heteroatoms. The fourth-order valence-electron chi connectivity index (χ4n) is 3.39. The lowest BCUT2D eigenvalue weighted by Crippen LogP contribution is -2.01. The number of anilines is 1. The van der Waals surface area contributed by atoms with Crippen LogP contribution in [0, 0.1) is 10.1 Å². The summed E-state index contributed by atoms with van der Waals surface area (Å²) in [4.78, 5) is 9.02. The van der Waals surface area contributed by atoms with E-state index in [4.69, 9.17) is 5.73 Å². The van der Waals surface area contributed by atoms with Crippen LogP contribution in [0.5, 0.6) is 5.75 Å². The molecule has 0 aromatic heterocycles. The molecule has 5 N–H and O–H groups in total. The summed E-state index contributed by atoms with van der Waals surface area (Å²) in [7, 11) is -4.95. The molecule has 0 bridgehead atoms. The smallest absolute Gasteiger partial charge is 0.296 e. The first kappa shape index (κ1) is 26.4. The molecule has 14 nitrogen and oxygen atoms in total. The Kier molecular flexibility index (Phi) is 7.22. The van der Waals surface area contributed by atoms with Gasteiger partial charge in [0.1, 0.15) is 16.3 Å². The summed E-state index contributed by atoms with van der Waals surface area (Å²) >= 11 is -2.70. The monoisotopic (exact) mass is 556 g/mol. The maximum absolute atomic E-state index is 12.1. The maximum Gasteiger partial charge on any atom is 0.296 e. The molecule has 1 atom stereocenters. The number of non-ortho nitro benzene ring substituents is 1. The van der Waals surface area contributed by atoms with Crippen molar-refractivity contribution >= 4 is 66.1 Å². The van der Waals surface area contributed by atoms with Crippen LogP contribution in [0.25, 0.3) is 10.8 Å². The number of rotatable bonds is 7. The summed E-state index contributed by atoms with van der Waals surface area (Å²) in [6.07, 6.45) is 0. The number of fused-ring (bicyclic) bond motifs is 1. The van der Waals surface area contributed by atoms with Crippen LogP contribution in [-0.4, -0.2) is 31.8 Å². The average Bonchev–Trinajstić information content (AvgIpc) is 2.87. The lowest BCUT2D eigenvalue weighted by molar-refractivity contribution is -0.384. The molecule has 4 aromatic carbocycles. The first-order valence-electron chi connectivity index (χ1n) is 10.3. The van der Waals surface area contributed by atoms with E-state index in [-0.39, 0.29) is 38.4 Å². The third-order valence-corrected chi connectivity index (χ3v) is 6.68. The summed E-state index contributed by atoms with van der Waals surface area (Å²) in [5, 5.41) is 37.0. The van der Waals surface area contributed by atoms with Gasteiger partial charge in [-0.15, -0.1) is 10.2 Å². The highest BCUT2D eigenvalue weighted by Gasteiger charge is 2.26. The van der Waals surface area contributed by atoms with Gasteiger partial charge < -0.3 is 15.4 Å². The summed E-state index contributed by atoms with van der Waals surface area (Å²) in [5.41, 5.74) is 5.13. The summed E-state index contributed by atoms with van der Waals surface area (Å²) in [5.74, 6) is -0.797. The van der Waals surface area contributed by atoms with Crippen LogP contribution >= 0.6 is 0 Å². The van der Waals surface area contributed by atoms with E-state index < -0.39 is 42.5 Å². The number of azo groups is 2. The van der Waals surface area contributed by atoms with Crippen LogP contribution in [0.1, 0.15) is 0 Å². The maximum atomic E-state index is 12.1. The Labute approximate surface area is 216 Å². The molecule has 0 amide bonds. The number of hydrogen-bond acceptors (Lipinski definition) is 11. The number of benzene rings is 4. The van der Waals surface area contributed by atoms with Crippen molar-refractivity contribution in [1.29, 1.82) is 0 Å². The van der Waals surface area contributed by atoms with E-state index in [0.29, 0.717) is 5.69 Å². The molecule has 0 spiro atoms. The van der Waals surface area contributed by atoms with Crippen molar-refractivity contribution in [2.75, 3.05) is 5.73 Å². The molecule has 0 heterocycles. The van der Waals surface area contributed by atoms with Crippen LogP contribution in [0.3, 0.4) is 0 Å². The highest BCUT2D eigenvalue weighted by atomic mass is 32.2. The molecule has 4 aromatic rings. The van der Waals surface area contributed by atoms with Gasteiger partial charge in [0.15, 0.2) is 16.8 Å². The number of phenolic OH excluding ortho intramolecular Hbond substituents is 1. The Bertz CT molecular complexity index is 1760. The third kappa shape index (κ3) is 5.37. The molecule has 1 unspecified atom stereocenters. The fraction of sp³-hybridized carbons (Fsp3) is 0. The van der Waals surface area contributed by atoms with Crippen LogP contribution in [0.15, 0.2) is 97.0 Å². The molecular weight excluding hydrogens is 540 g/mol. The Balaban J connectivity index is 1.94. The standard InChI is InChI=1S/C22H16N6O8S2/c23-19-18-12(10-16(37(32)33)20(19)26-25-14-6-8-15(9-7-14)28(30)31)11-17(38(34,35)36)21(22(18)29)27-24-13-4-2-1-3-5-13/h1-11,29H,23H2,(H,32,33)(H,34,35,36). The zero-order valence-corrected chi connectivity index (χ0v) is 20.5. The van der Waals surface area contributed by atoms with Gasteiger partial charge in [0, 0.05) is 12.1 Å². The second-order valence-corrected chi connectivity index (χ2v) is 9.87. The van der Waals surface area contributed by atoms with Gasteiger partial charge in [-0.2, -0.15) is 18.6 Å². The number of nitro benzene ring substituents is 1. The van der Waals surface area contributed by atoms with Crippen molar-refractivity contribution < 1.29 is 31.8 Å². The van der Waals surface area contributed by atoms with Gasteiger partial charge in [-0.05, 0) is 41.8 Å². The van der Waals surface area contributed by atoms with Crippen LogP contribution in [0.2, 0.25) is 0 Å². The molecule has 0 fully saturated rings. The highest BCUT2D eigenvalue weighted by molar-refractivity contribution is 7.86. The third-order valence-electron chi connectivity index (χ3n) is 5.13. The quantitative estimate of drug-likeness (QED) is 0.0545. The predicted molar refractivity (Wildman–Crippen MR) is 137 cm³/mol. The number of nitrogens with zero attached hydrogens (tertiary/aromatic N) is 5. The molecule has 0 saturated heterocycles. The molecule has 0 radical (unpaired) electrons. The Morgan fingerprint density at radius 1 is 0.895 bits per heavy atom. The van der Waals surface area contributed by atoms with Gasteiger partial charge in [0.2, 0.25) is 0 Å². The van der Waals surface area contributed by atoms with E-state index in [0.717, 1.165) is 12.1 Å². The largest absolute Gasteiger partial charge is 0.505 e. The van der Waals surface area contributed by atoms with Gasteiger partial charge in [-0.1, -0.05) is 18.2 Å². The van der Waals surface area contributed by atoms with Crippen LogP contribution in [-0.2, 0) is 21.2 Å². The van der Waals surface area contributed by atoms with Crippen molar-refractivity contribution in [3.05, 3.63) is 76.8 Å². The van der Waals surface area contributed by atoms with Crippen molar-refractivity contribution in [2.45, 2.75) is 9.79 Å². The van der Waals surface area contributed by atoms with Gasteiger partial charge in [-0.3, -0.25) is 14.7 Å². The van der Waals surface area contributed by atoms with Gasteiger partial charge in [0.25, 0.3) is 15.8 Å². The topological polar surface area (TPSA) is 230 Å². The Morgan fingerprint density at radius 3 is 2.03 bits per heavy atom. The molecule has 4 rings (SSSR count). The highest BCUT2D eigenvalue weighted by Crippen LogP contribution is 2.48. The summed E-state index contributed by atoms with van der Waals surface area (Å²) in [6, 6.07) is 15.0. The van der Waals surface area contributed by atoms with E-state index in [2.05, 4.69) is 20.5 Å². The number of nitrogens with two attached hydrogens (primary N) is 1. The van der Waals surface area contributed by atoms with E-state index in [9.17, 15) is 37.0 Å². The summed E-state index contributed by atoms with van der Waals surface area (Å²) < 4.78 is 55.8. The van der Waals surface area contributed by atoms with Gasteiger partial charge in [-0.25, -0.2) is 4.21 Å². The van der Waals surface area contributed by atoms with Gasteiger partial charge >= 0.3 is 0 Å². The van der Waals surface area contributed by atoms with Crippen molar-refractivity contribution in [3.63, 3.8) is 0 Å². The number of aromatic hydroxyl groups is 1. The molecule has 0 saturated carbocycles. The molecule has 38 heavy (non-hydrogen) atoms. The van der Waals surface area contributed by atoms with Crippen molar-refractivity contribution in [2.24, 2.45) is 20.5 Å². The van der Waals surface area contributed by atoms with Crippen molar-refractivity contribution in [3.8, 4) is 5.75 Å². The summed E-state index contributed by atoms with van der Waals surface area (Å²) in [6.45, 7) is 0. The second-order valence-electron chi connectivity index (χ2n) is 7.54. The minimum atomic E-state index is -4.95. The zero-order chi connectivity index (χ0) is 27.6. The predicted octanol–water partition coefficient (Wildman–Crippen LogP) is 5.69. The molecule has 0 aliphatic carbocycles. The lowest BCUT2D eigenvalue weighted by Gasteiger charge is -2.13. The average molecular weight is 557 g/mol. The van der Waals surface area contributed by atoms with E-state index >= 15 is 0 Å². The lowest BCUT2D eigenvalue weighted by atomic mass is 10.1. The number of phenols is 1. The first-order chi connectivity index (χ1) is 18.0. The molecule has 194 valence electrons. The minimum Gasteiger partial charge on any atom is -0.505 e. The number of hydrogen-bond donors (Lipinski definition) is 4. The number of nitro groups is 1. The normalized spacial score (nSPS) is 12.9. The second kappa shape index (κ2) is 10.4. The van der Waals surface area contributed by atoms with E-state index in [1.54, 1.807) is 30.3 Å². The van der Waals surface area contributed by atoms with Crippen LogP contribution in [0.4, 0.5) is 34.1 Å². The minimum absolute atomic E-state index is 0.127. The zero-order valence-electron chi connectivity index (χ0n) is 18.9. The van der Waals surface area contributed by atoms with E-state index in [1.807, 2.05) is 0 Å². The van der Waals surface area contributed by atoms with E-state index in [1.165, 1.54) is 24.3 Å². The first-order valence-corrected chi connectivity index (χ1v) is 12.9.